The molecule has 4 rings (SSSR count). The summed E-state index contributed by atoms with van der Waals surface area (Å²) in [6.45, 7) is 12.9. The minimum Gasteiger partial charge on any atom is -0.402 e. The molecule has 4 fully saturated rings. The lowest BCUT2D eigenvalue weighted by Crippen LogP contribution is -2.65. The Morgan fingerprint density at radius 1 is 1.31 bits per heavy atom. The Bertz CT molecular complexity index is 352. The third-order valence-electron chi connectivity index (χ3n) is 5.35. The zero-order valence-corrected chi connectivity index (χ0v) is 10.7. The van der Waals surface area contributed by atoms with E-state index in [1.165, 1.54) is 6.42 Å². The van der Waals surface area contributed by atoms with E-state index in [0.717, 1.165) is 17.8 Å². The van der Waals surface area contributed by atoms with Crippen molar-refractivity contribution in [2.75, 3.05) is 0 Å². The summed E-state index contributed by atoms with van der Waals surface area (Å²) < 4.78 is 12.2. The first-order chi connectivity index (χ1) is 7.35. The molecular weight excluding hydrogens is 199 g/mol. The van der Waals surface area contributed by atoms with Crippen LogP contribution >= 0.6 is 0 Å². The fraction of sp³-hybridized carbons (Fsp3) is 0.846. The zero-order valence-electron chi connectivity index (χ0n) is 10.7. The molecule has 2 nitrogen and oxygen atoms in total. The molecule has 0 aromatic rings. The van der Waals surface area contributed by atoms with Gasteiger partial charge in [-0.1, -0.05) is 19.3 Å². The summed E-state index contributed by atoms with van der Waals surface area (Å²) in [5.74, 6) is 1.47. The normalized spacial score (nSPS) is 48.5. The maximum atomic E-state index is 6.18. The van der Waals surface area contributed by atoms with Gasteiger partial charge in [0.05, 0.1) is 11.7 Å². The van der Waals surface area contributed by atoms with E-state index in [2.05, 4.69) is 27.4 Å². The van der Waals surface area contributed by atoms with Gasteiger partial charge >= 0.3 is 7.12 Å². The van der Waals surface area contributed by atoms with Crippen LogP contribution in [0, 0.1) is 17.3 Å². The van der Waals surface area contributed by atoms with E-state index in [-0.39, 0.29) is 18.8 Å². The van der Waals surface area contributed by atoms with Crippen molar-refractivity contribution in [2.24, 2.45) is 17.3 Å². The third-order valence-corrected chi connectivity index (χ3v) is 5.35. The molecule has 0 aromatic carbocycles. The standard InChI is InChI=1S/C13H21BO2/c1-8(2)14-15-11-7-9-6-10(12(9,3)4)13(11,5)16-14/h9-11H,1,6-7H2,2-5H3/t9-,10-,11?,13-/m0/s1. The largest absolute Gasteiger partial charge is 0.489 e. The van der Waals surface area contributed by atoms with E-state index in [1.807, 2.05) is 6.92 Å². The fourth-order valence-electron chi connectivity index (χ4n) is 4.08. The van der Waals surface area contributed by atoms with E-state index in [9.17, 15) is 0 Å². The average molecular weight is 220 g/mol. The number of rotatable bonds is 1. The van der Waals surface area contributed by atoms with Gasteiger partial charge in [-0.3, -0.25) is 0 Å². The second kappa shape index (κ2) is 2.94. The molecule has 3 heteroatoms. The van der Waals surface area contributed by atoms with E-state index < -0.39 is 0 Å². The van der Waals surface area contributed by atoms with E-state index >= 15 is 0 Å². The SMILES string of the molecule is C=C(C)B1OC2C[C@@H]3C[C@@H](C3(C)C)[C@]2(C)O1. The average Bonchev–Trinajstić information content (AvgIpc) is 2.54. The van der Waals surface area contributed by atoms with Crippen LogP contribution < -0.4 is 0 Å². The second-order valence-corrected chi connectivity index (χ2v) is 6.65. The highest BCUT2D eigenvalue weighted by Crippen LogP contribution is 2.65. The lowest BCUT2D eigenvalue weighted by molar-refractivity contribution is -0.199. The molecule has 0 aromatic heterocycles. The smallest absolute Gasteiger partial charge is 0.402 e. The Kier molecular flexibility index (Phi) is 1.99. The van der Waals surface area contributed by atoms with Gasteiger partial charge in [-0.25, -0.2) is 0 Å². The number of allylic oxidation sites excluding steroid dienone is 1. The molecule has 0 amide bonds. The lowest BCUT2D eigenvalue weighted by Gasteiger charge is -2.64. The molecule has 4 aliphatic rings. The number of hydrogen-bond donors (Lipinski definition) is 0. The van der Waals surface area contributed by atoms with Crippen molar-refractivity contribution in [3.05, 3.63) is 12.1 Å². The molecule has 16 heavy (non-hydrogen) atoms. The Hall–Kier alpha value is -0.275. The minimum atomic E-state index is -0.176. The topological polar surface area (TPSA) is 18.5 Å². The molecular formula is C13H21BO2. The Labute approximate surface area is 98.5 Å². The molecule has 1 heterocycles. The molecule has 88 valence electrons. The van der Waals surface area contributed by atoms with Crippen LogP contribution in [0.15, 0.2) is 12.1 Å². The van der Waals surface area contributed by atoms with E-state index in [4.69, 9.17) is 9.31 Å². The molecule has 1 saturated heterocycles. The summed E-state index contributed by atoms with van der Waals surface area (Å²) in [5, 5.41) is 0. The van der Waals surface area contributed by atoms with Crippen LogP contribution in [0.5, 0.6) is 0 Å². The van der Waals surface area contributed by atoms with Crippen molar-refractivity contribution in [1.29, 1.82) is 0 Å². The quantitative estimate of drug-likeness (QED) is 0.632. The molecule has 3 saturated carbocycles. The molecule has 0 N–H and O–H groups in total. The first kappa shape index (κ1) is 10.9. The monoisotopic (exact) mass is 220 g/mol. The van der Waals surface area contributed by atoms with Crippen LogP contribution in [0.4, 0.5) is 0 Å². The molecule has 3 aliphatic carbocycles. The van der Waals surface area contributed by atoms with Crippen LogP contribution in [-0.4, -0.2) is 18.8 Å². The molecule has 1 aliphatic heterocycles. The minimum absolute atomic E-state index is 0.0815. The van der Waals surface area contributed by atoms with Crippen LogP contribution in [0.3, 0.4) is 0 Å². The summed E-state index contributed by atoms with van der Waals surface area (Å²) in [5.41, 5.74) is 1.34. The van der Waals surface area contributed by atoms with Crippen molar-refractivity contribution >= 4 is 7.12 Å². The van der Waals surface area contributed by atoms with Crippen LogP contribution in [-0.2, 0) is 9.31 Å². The first-order valence-corrected chi connectivity index (χ1v) is 6.34. The Balaban J connectivity index is 1.89. The third kappa shape index (κ3) is 1.11. The van der Waals surface area contributed by atoms with Crippen molar-refractivity contribution in [1.82, 2.24) is 0 Å². The highest BCUT2D eigenvalue weighted by atomic mass is 16.7. The molecule has 0 radical (unpaired) electrons. The molecule has 4 atom stereocenters. The predicted molar refractivity (Wildman–Crippen MR) is 64.9 cm³/mol. The van der Waals surface area contributed by atoms with E-state index in [1.54, 1.807) is 0 Å². The van der Waals surface area contributed by atoms with Crippen LogP contribution in [0.2, 0.25) is 0 Å². The number of hydrogen-bond acceptors (Lipinski definition) is 2. The summed E-state index contributed by atoms with van der Waals surface area (Å²) in [7, 11) is -0.176. The van der Waals surface area contributed by atoms with Crippen molar-refractivity contribution in [3.8, 4) is 0 Å². The van der Waals surface area contributed by atoms with Gasteiger partial charge in [-0.15, -0.1) is 6.58 Å². The maximum absolute atomic E-state index is 6.18. The van der Waals surface area contributed by atoms with E-state index in [0.29, 0.717) is 11.3 Å². The first-order valence-electron chi connectivity index (χ1n) is 6.34. The Morgan fingerprint density at radius 3 is 2.56 bits per heavy atom. The molecule has 1 unspecified atom stereocenters. The van der Waals surface area contributed by atoms with Gasteiger partial charge in [0.25, 0.3) is 0 Å². The Morgan fingerprint density at radius 2 is 2.00 bits per heavy atom. The maximum Gasteiger partial charge on any atom is 0.489 e. The highest BCUT2D eigenvalue weighted by Gasteiger charge is 2.67. The van der Waals surface area contributed by atoms with Gasteiger partial charge < -0.3 is 9.31 Å². The summed E-state index contributed by atoms with van der Waals surface area (Å²) >= 11 is 0. The van der Waals surface area contributed by atoms with Gasteiger partial charge in [0.1, 0.15) is 0 Å². The highest BCUT2D eigenvalue weighted by molar-refractivity contribution is 6.54. The summed E-state index contributed by atoms with van der Waals surface area (Å²) in [4.78, 5) is 0. The summed E-state index contributed by atoms with van der Waals surface area (Å²) in [6, 6.07) is 0. The fourth-order valence-corrected chi connectivity index (χ4v) is 4.08. The zero-order chi connectivity index (χ0) is 11.7. The van der Waals surface area contributed by atoms with Gasteiger partial charge in [0, 0.05) is 0 Å². The van der Waals surface area contributed by atoms with Gasteiger partial charge in [-0.05, 0) is 43.9 Å². The van der Waals surface area contributed by atoms with Gasteiger partial charge in [-0.2, -0.15) is 0 Å². The summed E-state index contributed by atoms with van der Waals surface area (Å²) in [6.07, 6.45) is 2.75. The van der Waals surface area contributed by atoms with Crippen LogP contribution in [0.1, 0.15) is 40.5 Å². The van der Waals surface area contributed by atoms with Crippen molar-refractivity contribution < 1.29 is 9.31 Å². The molecule has 0 spiro atoms. The van der Waals surface area contributed by atoms with Crippen molar-refractivity contribution in [3.63, 3.8) is 0 Å². The van der Waals surface area contributed by atoms with Crippen molar-refractivity contribution in [2.45, 2.75) is 52.2 Å². The van der Waals surface area contributed by atoms with Gasteiger partial charge in [0.2, 0.25) is 0 Å². The second-order valence-electron chi connectivity index (χ2n) is 6.65. The predicted octanol–water partition coefficient (Wildman–Crippen LogP) is 2.83. The van der Waals surface area contributed by atoms with Gasteiger partial charge in [0.15, 0.2) is 0 Å². The lowest BCUT2D eigenvalue weighted by atomic mass is 9.43. The van der Waals surface area contributed by atoms with Crippen LogP contribution in [0.25, 0.3) is 0 Å². The molecule has 2 bridgehead atoms.